The van der Waals surface area contributed by atoms with Crippen molar-refractivity contribution in [2.75, 3.05) is 0 Å². The van der Waals surface area contributed by atoms with Crippen molar-refractivity contribution in [1.29, 1.82) is 0 Å². The van der Waals surface area contributed by atoms with Gasteiger partial charge in [0.2, 0.25) is 0 Å². The summed E-state index contributed by atoms with van der Waals surface area (Å²) in [4.78, 5) is 12.5. The number of hydrogen-bond donors (Lipinski definition) is 1. The van der Waals surface area contributed by atoms with E-state index in [2.05, 4.69) is 42.9 Å². The third kappa shape index (κ3) is 3.38. The van der Waals surface area contributed by atoms with Gasteiger partial charge in [-0.2, -0.15) is 17.6 Å². The summed E-state index contributed by atoms with van der Waals surface area (Å²) in [7, 11) is 0. The molecular weight excluding hydrogens is 417 g/mol. The number of halogens is 2. The zero-order chi connectivity index (χ0) is 20.0. The Morgan fingerprint density at radius 2 is 2.10 bits per heavy atom. The molecule has 5 rings (SSSR count). The molecule has 29 heavy (non-hydrogen) atoms. The van der Waals surface area contributed by atoms with Crippen LogP contribution in [-0.2, 0) is 0 Å². The summed E-state index contributed by atoms with van der Waals surface area (Å²) < 4.78 is 21.4. The van der Waals surface area contributed by atoms with E-state index in [9.17, 15) is 4.39 Å². The average molecular weight is 430 g/mol. The lowest BCUT2D eigenvalue weighted by atomic mass is 10.2. The monoisotopic (exact) mass is 429 g/mol. The van der Waals surface area contributed by atoms with Gasteiger partial charge in [0, 0.05) is 17.3 Å². The van der Waals surface area contributed by atoms with Gasteiger partial charge in [0.15, 0.2) is 17.5 Å². The summed E-state index contributed by atoms with van der Waals surface area (Å²) in [5, 5.41) is 12.3. The lowest BCUT2D eigenvalue weighted by Crippen LogP contribution is -2.08. The predicted molar refractivity (Wildman–Crippen MR) is 105 cm³/mol. The molecule has 11 heteroatoms. The van der Waals surface area contributed by atoms with Gasteiger partial charge in [-0.15, -0.1) is 10.2 Å². The van der Waals surface area contributed by atoms with Gasteiger partial charge < -0.3 is 9.09 Å². The molecule has 0 bridgehead atoms. The van der Waals surface area contributed by atoms with Crippen LogP contribution in [0.1, 0.15) is 35.8 Å². The van der Waals surface area contributed by atoms with Crippen LogP contribution in [0.4, 0.5) is 4.39 Å². The SMILES string of the molecule is Fc1ccc(Cl)cc1-c1nc(C(S)c2nnc(-c3ccncn3)n2C2CC2)no1. The van der Waals surface area contributed by atoms with E-state index < -0.39 is 11.1 Å². The molecular formula is C18H13ClFN7OS. The summed E-state index contributed by atoms with van der Waals surface area (Å²) >= 11 is 10.6. The van der Waals surface area contributed by atoms with Gasteiger partial charge in [0.05, 0.1) is 5.56 Å². The second kappa shape index (κ2) is 7.20. The quantitative estimate of drug-likeness (QED) is 0.480. The number of rotatable bonds is 5. The molecule has 1 fully saturated rings. The lowest BCUT2D eigenvalue weighted by molar-refractivity contribution is 0.420. The van der Waals surface area contributed by atoms with Crippen LogP contribution in [0.15, 0.2) is 41.3 Å². The highest BCUT2D eigenvalue weighted by atomic mass is 35.5. The van der Waals surface area contributed by atoms with Crippen molar-refractivity contribution in [3.05, 3.63) is 59.3 Å². The summed E-state index contributed by atoms with van der Waals surface area (Å²) in [6.07, 6.45) is 5.13. The maximum atomic E-state index is 14.1. The van der Waals surface area contributed by atoms with Gasteiger partial charge in [0.1, 0.15) is 23.1 Å². The van der Waals surface area contributed by atoms with E-state index >= 15 is 0 Å². The van der Waals surface area contributed by atoms with Crippen molar-refractivity contribution >= 4 is 24.2 Å². The minimum absolute atomic E-state index is 0.0209. The van der Waals surface area contributed by atoms with Gasteiger partial charge in [-0.1, -0.05) is 16.8 Å². The molecule has 3 aromatic heterocycles. The van der Waals surface area contributed by atoms with Crippen molar-refractivity contribution in [1.82, 2.24) is 34.9 Å². The standard InChI is InChI=1S/C18H13ClFN7OS/c19-9-1-4-12(20)11(7-9)18-23-15(26-28-18)14(29)17-25-24-16(27(17)10-2-3-10)13-5-6-21-8-22-13/h1,4-8,10,14,29H,2-3H2. The van der Waals surface area contributed by atoms with Crippen LogP contribution in [0.25, 0.3) is 23.0 Å². The number of hydrogen-bond acceptors (Lipinski definition) is 8. The maximum Gasteiger partial charge on any atom is 0.261 e. The van der Waals surface area contributed by atoms with E-state index in [-0.39, 0.29) is 23.3 Å². The summed E-state index contributed by atoms with van der Waals surface area (Å²) in [5.41, 5.74) is 0.795. The van der Waals surface area contributed by atoms with Crippen molar-refractivity contribution < 1.29 is 8.91 Å². The van der Waals surface area contributed by atoms with Gasteiger partial charge in [-0.3, -0.25) is 0 Å². The molecule has 4 aromatic rings. The van der Waals surface area contributed by atoms with E-state index in [4.69, 9.17) is 16.1 Å². The molecule has 1 saturated carbocycles. The van der Waals surface area contributed by atoms with Crippen LogP contribution in [-0.4, -0.2) is 34.9 Å². The average Bonchev–Trinajstić information content (AvgIpc) is 3.29. The molecule has 0 radical (unpaired) electrons. The Labute approximate surface area is 174 Å². The van der Waals surface area contributed by atoms with Crippen molar-refractivity contribution in [3.63, 3.8) is 0 Å². The molecule has 1 unspecified atom stereocenters. The molecule has 146 valence electrons. The third-order valence-corrected chi connectivity index (χ3v) is 5.23. The highest BCUT2D eigenvalue weighted by Crippen LogP contribution is 2.41. The Bertz CT molecular complexity index is 1180. The molecule has 1 aliphatic carbocycles. The predicted octanol–water partition coefficient (Wildman–Crippen LogP) is 3.93. The number of thiol groups is 1. The fraction of sp³-hybridized carbons (Fsp3) is 0.222. The van der Waals surface area contributed by atoms with Gasteiger partial charge >= 0.3 is 0 Å². The first-order chi connectivity index (χ1) is 14.1. The van der Waals surface area contributed by atoms with Crippen molar-refractivity contribution in [3.8, 4) is 23.0 Å². The van der Waals surface area contributed by atoms with Gasteiger partial charge in [-0.05, 0) is 37.1 Å². The second-order valence-electron chi connectivity index (χ2n) is 6.56. The zero-order valence-corrected chi connectivity index (χ0v) is 16.4. The second-order valence-corrected chi connectivity index (χ2v) is 7.51. The highest BCUT2D eigenvalue weighted by molar-refractivity contribution is 7.80. The summed E-state index contributed by atoms with van der Waals surface area (Å²) in [5.74, 6) is 0.975. The molecule has 0 N–H and O–H groups in total. The van der Waals surface area contributed by atoms with E-state index in [1.807, 2.05) is 4.57 Å². The first kappa shape index (κ1) is 18.2. The molecule has 1 atom stereocenters. The van der Waals surface area contributed by atoms with Crippen LogP contribution in [0.2, 0.25) is 5.02 Å². The molecule has 8 nitrogen and oxygen atoms in total. The molecule has 0 aliphatic heterocycles. The minimum Gasteiger partial charge on any atom is -0.334 e. The van der Waals surface area contributed by atoms with Crippen LogP contribution in [0.3, 0.4) is 0 Å². The summed E-state index contributed by atoms with van der Waals surface area (Å²) in [6, 6.07) is 6.16. The Kier molecular flexibility index (Phi) is 4.51. The Balaban J connectivity index is 1.52. The molecule has 1 aromatic carbocycles. The third-order valence-electron chi connectivity index (χ3n) is 4.53. The van der Waals surface area contributed by atoms with Crippen LogP contribution in [0.5, 0.6) is 0 Å². The summed E-state index contributed by atoms with van der Waals surface area (Å²) in [6.45, 7) is 0. The van der Waals surface area contributed by atoms with Crippen LogP contribution in [0, 0.1) is 5.82 Å². The van der Waals surface area contributed by atoms with E-state index in [1.54, 1.807) is 12.3 Å². The molecule has 3 heterocycles. The Morgan fingerprint density at radius 1 is 1.24 bits per heavy atom. The minimum atomic E-state index is -0.613. The fourth-order valence-electron chi connectivity index (χ4n) is 3.01. The number of aromatic nitrogens is 7. The maximum absolute atomic E-state index is 14.1. The first-order valence-corrected chi connectivity index (χ1v) is 9.69. The van der Waals surface area contributed by atoms with E-state index in [0.29, 0.717) is 22.4 Å². The van der Waals surface area contributed by atoms with E-state index in [0.717, 1.165) is 12.8 Å². The van der Waals surface area contributed by atoms with E-state index in [1.165, 1.54) is 24.5 Å². The number of benzene rings is 1. The molecule has 0 saturated heterocycles. The van der Waals surface area contributed by atoms with Crippen LogP contribution >= 0.6 is 24.2 Å². The smallest absolute Gasteiger partial charge is 0.261 e. The molecule has 1 aliphatic rings. The molecule has 0 spiro atoms. The van der Waals surface area contributed by atoms with Gasteiger partial charge in [0.25, 0.3) is 5.89 Å². The first-order valence-electron chi connectivity index (χ1n) is 8.80. The van der Waals surface area contributed by atoms with Crippen molar-refractivity contribution in [2.45, 2.75) is 24.1 Å². The zero-order valence-electron chi connectivity index (χ0n) is 14.8. The normalized spacial score (nSPS) is 14.9. The Morgan fingerprint density at radius 3 is 2.86 bits per heavy atom. The Hall–Kier alpha value is -2.85. The van der Waals surface area contributed by atoms with Gasteiger partial charge in [-0.25, -0.2) is 14.4 Å². The van der Waals surface area contributed by atoms with Crippen LogP contribution < -0.4 is 0 Å². The fourth-order valence-corrected chi connectivity index (χ4v) is 3.47. The van der Waals surface area contributed by atoms with Crippen molar-refractivity contribution in [2.24, 2.45) is 0 Å². The largest absolute Gasteiger partial charge is 0.334 e. The topological polar surface area (TPSA) is 95.4 Å². The molecule has 0 amide bonds. The number of nitrogens with zero attached hydrogens (tertiary/aromatic N) is 7. The lowest BCUT2D eigenvalue weighted by Gasteiger charge is -2.11. The highest BCUT2D eigenvalue weighted by Gasteiger charge is 2.34.